The number of rotatable bonds is 6. The summed E-state index contributed by atoms with van der Waals surface area (Å²) in [5, 5.41) is 2.66. The van der Waals surface area contributed by atoms with E-state index in [0.717, 1.165) is 88.4 Å². The summed E-state index contributed by atoms with van der Waals surface area (Å²) < 4.78 is 47.2. The van der Waals surface area contributed by atoms with Crippen LogP contribution in [0, 0.1) is 17.8 Å². The maximum atomic E-state index is 13.0. The van der Waals surface area contributed by atoms with Crippen molar-refractivity contribution in [3.05, 3.63) is 72.1 Å². The SMILES string of the molecule is CNC(=O)O[C@@H]1CCC[C@H]1C1(C2CCN(CC3CN(c4ccc(C(F)(F)F)cc4)C3)CC2)Cn2ccnc2-c2cccc1c2. The second-order valence-electron chi connectivity index (χ2n) is 13.1. The van der Waals surface area contributed by atoms with Gasteiger partial charge in [0.25, 0.3) is 0 Å². The lowest BCUT2D eigenvalue weighted by Gasteiger charge is -2.51. The molecule has 3 fully saturated rings. The molecule has 1 amide bonds. The van der Waals surface area contributed by atoms with Crippen LogP contribution in [0.15, 0.2) is 60.9 Å². The van der Waals surface area contributed by atoms with Crippen LogP contribution >= 0.6 is 0 Å². The predicted molar refractivity (Wildman–Crippen MR) is 162 cm³/mol. The molecule has 3 aromatic rings. The van der Waals surface area contributed by atoms with E-state index < -0.39 is 11.7 Å². The van der Waals surface area contributed by atoms with Gasteiger partial charge < -0.3 is 24.4 Å². The molecule has 44 heavy (non-hydrogen) atoms. The number of benzene rings is 2. The molecule has 1 unspecified atom stereocenters. The third-order valence-corrected chi connectivity index (χ3v) is 10.7. The summed E-state index contributed by atoms with van der Waals surface area (Å²) in [4.78, 5) is 21.9. The Labute approximate surface area is 256 Å². The van der Waals surface area contributed by atoms with Gasteiger partial charge in [-0.05, 0) is 87.0 Å². The fourth-order valence-corrected chi connectivity index (χ4v) is 8.62. The average molecular weight is 608 g/mol. The Morgan fingerprint density at radius 1 is 1.07 bits per heavy atom. The van der Waals surface area contributed by atoms with Gasteiger partial charge in [-0.3, -0.25) is 0 Å². The van der Waals surface area contributed by atoms with E-state index in [1.165, 1.54) is 17.7 Å². The van der Waals surface area contributed by atoms with E-state index in [1.807, 2.05) is 6.20 Å². The summed E-state index contributed by atoms with van der Waals surface area (Å²) in [5.41, 5.74) is 2.54. The van der Waals surface area contributed by atoms with Gasteiger partial charge in [-0.1, -0.05) is 18.2 Å². The fourth-order valence-electron chi connectivity index (χ4n) is 8.62. The van der Waals surface area contributed by atoms with E-state index in [9.17, 15) is 18.0 Å². The normalized spacial score (nSPS) is 26.1. The lowest BCUT2D eigenvalue weighted by molar-refractivity contribution is -0.137. The molecule has 234 valence electrons. The van der Waals surface area contributed by atoms with Gasteiger partial charge >= 0.3 is 12.3 Å². The molecule has 7 nitrogen and oxygen atoms in total. The number of nitrogens with zero attached hydrogens (tertiary/aromatic N) is 4. The molecule has 4 aliphatic rings. The number of carbonyl (C=O) groups excluding carboxylic acids is 1. The molecule has 2 bridgehead atoms. The first kappa shape index (κ1) is 29.2. The number of anilines is 1. The number of amides is 1. The number of hydrogen-bond donors (Lipinski definition) is 1. The van der Waals surface area contributed by atoms with E-state index in [1.54, 1.807) is 19.2 Å². The van der Waals surface area contributed by atoms with Gasteiger partial charge in [0.15, 0.2) is 0 Å². The van der Waals surface area contributed by atoms with Gasteiger partial charge in [0.1, 0.15) is 11.9 Å². The zero-order valence-electron chi connectivity index (χ0n) is 25.1. The average Bonchev–Trinajstić information content (AvgIpc) is 3.65. The van der Waals surface area contributed by atoms with Crippen LogP contribution in [0.3, 0.4) is 0 Å². The maximum absolute atomic E-state index is 13.0. The molecule has 1 aromatic heterocycles. The molecule has 0 radical (unpaired) electrons. The van der Waals surface area contributed by atoms with Gasteiger partial charge in [0, 0.05) is 74.1 Å². The highest BCUT2D eigenvalue weighted by atomic mass is 19.4. The van der Waals surface area contributed by atoms with Crippen molar-refractivity contribution >= 4 is 11.8 Å². The smallest absolute Gasteiger partial charge is 0.416 e. The van der Waals surface area contributed by atoms with Gasteiger partial charge in [0.05, 0.1) is 5.56 Å². The lowest BCUT2D eigenvalue weighted by Crippen LogP contribution is -2.55. The first-order valence-corrected chi connectivity index (χ1v) is 15.9. The number of likely N-dealkylation sites (tertiary alicyclic amines) is 1. The molecule has 1 aliphatic carbocycles. The topological polar surface area (TPSA) is 62.6 Å². The van der Waals surface area contributed by atoms with Crippen molar-refractivity contribution in [2.45, 2.75) is 56.3 Å². The zero-order valence-corrected chi connectivity index (χ0v) is 25.1. The van der Waals surface area contributed by atoms with Crippen LogP contribution in [-0.2, 0) is 22.9 Å². The number of piperidine rings is 1. The molecule has 2 aromatic carbocycles. The molecule has 4 heterocycles. The highest BCUT2D eigenvalue weighted by molar-refractivity contribution is 5.67. The lowest BCUT2D eigenvalue weighted by atomic mass is 9.58. The van der Waals surface area contributed by atoms with Crippen molar-refractivity contribution in [3.63, 3.8) is 0 Å². The number of halogens is 3. The summed E-state index contributed by atoms with van der Waals surface area (Å²) in [7, 11) is 1.62. The number of alkyl carbamates (subject to hydrolysis) is 1. The minimum absolute atomic E-state index is 0.132. The number of aromatic nitrogens is 2. The molecule has 1 saturated carbocycles. The van der Waals surface area contributed by atoms with Crippen LogP contribution < -0.4 is 10.2 Å². The van der Waals surface area contributed by atoms with E-state index in [-0.39, 0.29) is 23.5 Å². The summed E-state index contributed by atoms with van der Waals surface area (Å²) in [5.74, 6) is 2.14. The highest BCUT2D eigenvalue weighted by Gasteiger charge is 2.54. The molecule has 3 atom stereocenters. The number of fused-ring (bicyclic) bond motifs is 4. The third kappa shape index (κ3) is 5.25. The summed E-state index contributed by atoms with van der Waals surface area (Å²) in [6.07, 6.45) is 4.26. The van der Waals surface area contributed by atoms with Crippen LogP contribution in [0.2, 0.25) is 0 Å². The number of imidazole rings is 1. The minimum atomic E-state index is -4.31. The highest BCUT2D eigenvalue weighted by Crippen LogP contribution is 2.54. The quantitative estimate of drug-likeness (QED) is 0.362. The second kappa shape index (κ2) is 11.4. The molecule has 0 spiro atoms. The number of carbonyl (C=O) groups is 1. The predicted octanol–water partition coefficient (Wildman–Crippen LogP) is 6.19. The number of nitrogens with one attached hydrogen (secondary N) is 1. The Bertz CT molecular complexity index is 1480. The van der Waals surface area contributed by atoms with E-state index >= 15 is 0 Å². The molecular formula is C34H40F3N5O2. The summed E-state index contributed by atoms with van der Waals surface area (Å²) in [6.45, 7) is 5.58. The van der Waals surface area contributed by atoms with Crippen molar-refractivity contribution in [3.8, 4) is 11.4 Å². The van der Waals surface area contributed by atoms with E-state index in [4.69, 9.17) is 9.72 Å². The Kier molecular flexibility index (Phi) is 7.59. The molecular weight excluding hydrogens is 567 g/mol. The van der Waals surface area contributed by atoms with Crippen LogP contribution in [0.4, 0.5) is 23.7 Å². The first-order valence-electron chi connectivity index (χ1n) is 15.9. The van der Waals surface area contributed by atoms with Gasteiger partial charge in [-0.25, -0.2) is 9.78 Å². The fraction of sp³-hybridized carbons (Fsp3) is 0.529. The summed E-state index contributed by atoms with van der Waals surface area (Å²) in [6, 6.07) is 14.4. The molecule has 3 aliphatic heterocycles. The van der Waals surface area contributed by atoms with Crippen molar-refractivity contribution in [1.82, 2.24) is 19.8 Å². The maximum Gasteiger partial charge on any atom is 0.416 e. The number of alkyl halides is 3. The van der Waals surface area contributed by atoms with Crippen LogP contribution in [0.5, 0.6) is 0 Å². The van der Waals surface area contributed by atoms with Gasteiger partial charge in [-0.2, -0.15) is 13.2 Å². The zero-order chi connectivity index (χ0) is 30.5. The van der Waals surface area contributed by atoms with Crippen LogP contribution in [0.1, 0.15) is 43.2 Å². The minimum Gasteiger partial charge on any atom is -0.446 e. The van der Waals surface area contributed by atoms with Crippen LogP contribution in [0.25, 0.3) is 11.4 Å². The molecule has 2 saturated heterocycles. The van der Waals surface area contributed by atoms with E-state index in [0.29, 0.717) is 11.8 Å². The molecule has 7 rings (SSSR count). The number of hydrogen-bond acceptors (Lipinski definition) is 5. The molecule has 1 N–H and O–H groups in total. The number of ether oxygens (including phenoxy) is 1. The van der Waals surface area contributed by atoms with Crippen molar-refractivity contribution in [2.24, 2.45) is 17.8 Å². The monoisotopic (exact) mass is 607 g/mol. The van der Waals surface area contributed by atoms with Crippen LogP contribution in [-0.4, -0.2) is 66.4 Å². The Balaban J connectivity index is 1.06. The first-order chi connectivity index (χ1) is 21.2. The Hall–Kier alpha value is -3.53. The van der Waals surface area contributed by atoms with Crippen molar-refractivity contribution < 1.29 is 22.7 Å². The largest absolute Gasteiger partial charge is 0.446 e. The van der Waals surface area contributed by atoms with Gasteiger partial charge in [-0.15, -0.1) is 0 Å². The standard InChI is InChI=1S/C34H40F3N5O2/c1-38-32(43)44-30-7-3-6-29(30)33(22-41-17-14-39-31(41)24-4-2-5-27(33)18-24)25-12-15-40(16-13-25)19-23-20-42(21-23)28-10-8-26(9-11-28)34(35,36)37/h2,4-5,8-11,14,17-18,23,25,29-30H,3,6-7,12-13,15-16,19-22H2,1H3,(H,38,43)/t29-,30-,33?/m1/s1. The van der Waals surface area contributed by atoms with Gasteiger partial charge in [0.2, 0.25) is 0 Å². The third-order valence-electron chi connectivity index (χ3n) is 10.7. The Morgan fingerprint density at radius 2 is 1.84 bits per heavy atom. The summed E-state index contributed by atoms with van der Waals surface area (Å²) >= 11 is 0. The Morgan fingerprint density at radius 3 is 2.57 bits per heavy atom. The van der Waals surface area contributed by atoms with E-state index in [2.05, 4.69) is 50.1 Å². The van der Waals surface area contributed by atoms with Crippen molar-refractivity contribution in [1.29, 1.82) is 0 Å². The van der Waals surface area contributed by atoms with Crippen molar-refractivity contribution in [2.75, 3.05) is 44.7 Å². The molecule has 10 heteroatoms. The second-order valence-corrected chi connectivity index (χ2v) is 13.1.